The predicted octanol–water partition coefficient (Wildman–Crippen LogP) is 3.44. The molecular weight excluding hydrogens is 326 g/mol. The molecule has 136 valence electrons. The molecule has 1 amide bonds. The summed E-state index contributed by atoms with van der Waals surface area (Å²) in [7, 11) is 0. The Labute approximate surface area is 153 Å². The highest BCUT2D eigenvalue weighted by atomic mass is 16.2. The van der Waals surface area contributed by atoms with E-state index >= 15 is 0 Å². The van der Waals surface area contributed by atoms with Crippen molar-refractivity contribution in [1.82, 2.24) is 24.4 Å². The molecule has 1 fully saturated rings. The number of rotatable bonds is 4. The van der Waals surface area contributed by atoms with Crippen LogP contribution in [-0.4, -0.2) is 43.4 Å². The van der Waals surface area contributed by atoms with Gasteiger partial charge in [-0.15, -0.1) is 0 Å². The third kappa shape index (κ3) is 3.23. The molecule has 6 nitrogen and oxygen atoms in total. The van der Waals surface area contributed by atoms with Gasteiger partial charge in [-0.1, -0.05) is 13.8 Å². The first kappa shape index (κ1) is 16.8. The molecule has 1 aromatic carbocycles. The highest BCUT2D eigenvalue weighted by Gasteiger charge is 2.24. The van der Waals surface area contributed by atoms with Crippen LogP contribution in [0.1, 0.15) is 48.8 Å². The number of H-pyrrole nitrogens is 1. The van der Waals surface area contributed by atoms with E-state index in [1.54, 1.807) is 6.33 Å². The highest BCUT2D eigenvalue weighted by molar-refractivity contribution is 5.97. The number of carbonyl (C=O) groups excluding carboxylic acids is 1. The van der Waals surface area contributed by atoms with Crippen molar-refractivity contribution < 1.29 is 4.79 Å². The molecule has 1 N–H and O–H groups in total. The molecule has 26 heavy (non-hydrogen) atoms. The van der Waals surface area contributed by atoms with Gasteiger partial charge < -0.3 is 14.5 Å². The number of carbonyl (C=O) groups is 1. The van der Waals surface area contributed by atoms with Gasteiger partial charge >= 0.3 is 0 Å². The van der Waals surface area contributed by atoms with E-state index in [0.717, 1.165) is 54.9 Å². The van der Waals surface area contributed by atoms with Gasteiger partial charge in [0.25, 0.3) is 5.91 Å². The molecule has 0 unspecified atom stereocenters. The molecule has 2 aromatic heterocycles. The molecule has 4 rings (SSSR count). The lowest BCUT2D eigenvalue weighted by molar-refractivity contribution is 0.0682. The van der Waals surface area contributed by atoms with Gasteiger partial charge in [0.1, 0.15) is 5.82 Å². The van der Waals surface area contributed by atoms with Crippen LogP contribution in [0.4, 0.5) is 0 Å². The topological polar surface area (TPSA) is 66.8 Å². The second kappa shape index (κ2) is 6.94. The fourth-order valence-corrected chi connectivity index (χ4v) is 3.82. The average molecular weight is 351 g/mol. The number of fused-ring (bicyclic) bond motifs is 1. The number of piperidine rings is 1. The SMILES string of the molecule is CC(C)c1nccn1CC1CCN(C(=O)c2ccc3nc[nH]c3c2)CC1. The van der Waals surface area contributed by atoms with Gasteiger partial charge in [0.05, 0.1) is 17.4 Å². The Hall–Kier alpha value is -2.63. The lowest BCUT2D eigenvalue weighted by Gasteiger charge is -2.32. The van der Waals surface area contributed by atoms with E-state index in [4.69, 9.17) is 0 Å². The van der Waals surface area contributed by atoms with Crippen molar-refractivity contribution in [3.63, 3.8) is 0 Å². The molecule has 6 heteroatoms. The molecule has 0 atom stereocenters. The maximum absolute atomic E-state index is 12.8. The van der Waals surface area contributed by atoms with Gasteiger partial charge in [-0.3, -0.25) is 4.79 Å². The Morgan fingerprint density at radius 3 is 2.85 bits per heavy atom. The molecule has 3 aromatic rings. The minimum Gasteiger partial charge on any atom is -0.345 e. The molecule has 1 aliphatic heterocycles. The fourth-order valence-electron chi connectivity index (χ4n) is 3.82. The van der Waals surface area contributed by atoms with E-state index in [0.29, 0.717) is 11.8 Å². The Morgan fingerprint density at radius 1 is 1.27 bits per heavy atom. The zero-order valence-electron chi connectivity index (χ0n) is 15.4. The second-order valence-electron chi connectivity index (χ2n) is 7.46. The number of amides is 1. The summed E-state index contributed by atoms with van der Waals surface area (Å²) < 4.78 is 2.28. The van der Waals surface area contributed by atoms with Crippen molar-refractivity contribution in [3.8, 4) is 0 Å². The maximum Gasteiger partial charge on any atom is 0.253 e. The van der Waals surface area contributed by atoms with Gasteiger partial charge in [-0.2, -0.15) is 0 Å². The summed E-state index contributed by atoms with van der Waals surface area (Å²) in [6.07, 6.45) is 7.69. The van der Waals surface area contributed by atoms with E-state index in [-0.39, 0.29) is 5.91 Å². The molecule has 1 aliphatic rings. The van der Waals surface area contributed by atoms with Crippen molar-refractivity contribution in [2.24, 2.45) is 5.92 Å². The largest absolute Gasteiger partial charge is 0.345 e. The van der Waals surface area contributed by atoms with Gasteiger partial charge in [-0.05, 0) is 37.0 Å². The first-order valence-corrected chi connectivity index (χ1v) is 9.35. The van der Waals surface area contributed by atoms with Gasteiger partial charge in [-0.25, -0.2) is 9.97 Å². The number of aromatic nitrogens is 4. The number of benzene rings is 1. The Kier molecular flexibility index (Phi) is 4.49. The number of likely N-dealkylation sites (tertiary alicyclic amines) is 1. The number of hydrogen-bond acceptors (Lipinski definition) is 3. The van der Waals surface area contributed by atoms with E-state index < -0.39 is 0 Å². The van der Waals surface area contributed by atoms with E-state index in [9.17, 15) is 4.79 Å². The second-order valence-corrected chi connectivity index (χ2v) is 7.46. The van der Waals surface area contributed by atoms with Crippen LogP contribution in [0.15, 0.2) is 36.9 Å². The quantitative estimate of drug-likeness (QED) is 0.783. The number of imidazole rings is 2. The lowest BCUT2D eigenvalue weighted by atomic mass is 9.96. The van der Waals surface area contributed by atoms with Crippen LogP contribution >= 0.6 is 0 Å². The van der Waals surface area contributed by atoms with E-state index in [1.807, 2.05) is 29.3 Å². The smallest absolute Gasteiger partial charge is 0.253 e. The first-order valence-electron chi connectivity index (χ1n) is 9.35. The van der Waals surface area contributed by atoms with Gasteiger partial charge in [0.15, 0.2) is 0 Å². The summed E-state index contributed by atoms with van der Waals surface area (Å²) in [6.45, 7) is 6.98. The molecule has 3 heterocycles. The van der Waals surface area contributed by atoms with Crippen molar-refractivity contribution in [1.29, 1.82) is 0 Å². The van der Waals surface area contributed by atoms with Crippen LogP contribution in [0.2, 0.25) is 0 Å². The first-order chi connectivity index (χ1) is 12.6. The molecule has 0 radical (unpaired) electrons. The molecule has 0 aliphatic carbocycles. The van der Waals surface area contributed by atoms with Crippen LogP contribution in [0.5, 0.6) is 0 Å². The highest BCUT2D eigenvalue weighted by Crippen LogP contribution is 2.23. The summed E-state index contributed by atoms with van der Waals surface area (Å²) in [5, 5.41) is 0. The third-order valence-corrected chi connectivity index (χ3v) is 5.29. The third-order valence-electron chi connectivity index (χ3n) is 5.29. The standard InChI is InChI=1S/C20H25N5O/c1-14(2)19-21-7-10-25(19)12-15-5-8-24(9-6-15)20(26)16-3-4-17-18(11-16)23-13-22-17/h3-4,7,10-11,13-15H,5-6,8-9,12H2,1-2H3,(H,22,23). The number of hydrogen-bond donors (Lipinski definition) is 1. The van der Waals surface area contributed by atoms with Crippen molar-refractivity contribution >= 4 is 16.9 Å². The van der Waals surface area contributed by atoms with Gasteiger partial charge in [0, 0.05) is 43.5 Å². The number of nitrogens with zero attached hydrogens (tertiary/aromatic N) is 4. The van der Waals surface area contributed by atoms with Gasteiger partial charge in [0.2, 0.25) is 0 Å². The van der Waals surface area contributed by atoms with Crippen molar-refractivity contribution in [2.45, 2.75) is 39.2 Å². The monoisotopic (exact) mass is 351 g/mol. The predicted molar refractivity (Wildman–Crippen MR) is 101 cm³/mol. The Morgan fingerprint density at radius 2 is 2.08 bits per heavy atom. The van der Waals surface area contributed by atoms with Crippen LogP contribution in [-0.2, 0) is 6.54 Å². The number of nitrogens with one attached hydrogen (secondary N) is 1. The summed E-state index contributed by atoms with van der Waals surface area (Å²) in [5.74, 6) is 2.30. The molecule has 1 saturated heterocycles. The molecule has 0 spiro atoms. The zero-order valence-corrected chi connectivity index (χ0v) is 15.4. The maximum atomic E-state index is 12.8. The van der Waals surface area contributed by atoms with E-state index in [2.05, 4.69) is 39.6 Å². The zero-order chi connectivity index (χ0) is 18.1. The molecule has 0 saturated carbocycles. The summed E-state index contributed by atoms with van der Waals surface area (Å²) in [4.78, 5) is 26.5. The number of aromatic amines is 1. The van der Waals surface area contributed by atoms with Crippen molar-refractivity contribution in [2.75, 3.05) is 13.1 Å². The fraction of sp³-hybridized carbons (Fsp3) is 0.450. The van der Waals surface area contributed by atoms with Crippen molar-refractivity contribution in [3.05, 3.63) is 48.3 Å². The van der Waals surface area contributed by atoms with Crippen LogP contribution in [0, 0.1) is 5.92 Å². The summed E-state index contributed by atoms with van der Waals surface area (Å²) in [6, 6.07) is 5.67. The molecular formula is C20H25N5O. The van der Waals surface area contributed by atoms with Crippen LogP contribution < -0.4 is 0 Å². The normalized spacial score (nSPS) is 15.9. The lowest BCUT2D eigenvalue weighted by Crippen LogP contribution is -2.39. The van der Waals surface area contributed by atoms with Crippen LogP contribution in [0.3, 0.4) is 0 Å². The minimum absolute atomic E-state index is 0.116. The minimum atomic E-state index is 0.116. The Bertz CT molecular complexity index is 902. The molecule has 0 bridgehead atoms. The van der Waals surface area contributed by atoms with E-state index in [1.165, 1.54) is 0 Å². The summed E-state index contributed by atoms with van der Waals surface area (Å²) in [5.41, 5.74) is 2.53. The Balaban J connectivity index is 1.38. The average Bonchev–Trinajstić information content (AvgIpc) is 3.30. The summed E-state index contributed by atoms with van der Waals surface area (Å²) >= 11 is 0. The van der Waals surface area contributed by atoms with Crippen LogP contribution in [0.25, 0.3) is 11.0 Å².